The number of benzene rings is 1. The smallest absolute Gasteiger partial charge is 0.408 e. The lowest BCUT2D eigenvalue weighted by Gasteiger charge is -2.35. The van der Waals surface area contributed by atoms with E-state index in [9.17, 15) is 14.4 Å². The number of nitrogens with one attached hydrogen (secondary N) is 1. The lowest BCUT2D eigenvalue weighted by Crippen LogP contribution is -2.57. The van der Waals surface area contributed by atoms with E-state index in [0.717, 1.165) is 18.5 Å². The number of nitrogens with zero attached hydrogens (tertiary/aromatic N) is 3. The largest absolute Gasteiger partial charge is 0.490 e. The number of aromatic nitrogens is 2. The summed E-state index contributed by atoms with van der Waals surface area (Å²) in [4.78, 5) is 50.6. The summed E-state index contributed by atoms with van der Waals surface area (Å²) in [5, 5.41) is 6.34. The molecule has 3 fully saturated rings. The first-order valence-corrected chi connectivity index (χ1v) is 17.5. The SMILES string of the molecule is COCCOc1ccc2c(OC3C[C@@H](C(N)=O)N(C(=O)[C@@H](NC(=O)OC4CC5C[C@H]5C4)C(C)(C)C)C3)cc(-c3nc(C)cs3)nc2c1Cl. The molecule has 3 aliphatic rings. The Bertz CT molecular complexity index is 1700. The summed E-state index contributed by atoms with van der Waals surface area (Å²) < 4.78 is 23.2. The second kappa shape index (κ2) is 13.7. The minimum Gasteiger partial charge on any atom is -0.490 e. The molecule has 1 saturated heterocycles. The van der Waals surface area contributed by atoms with Gasteiger partial charge in [0.15, 0.2) is 0 Å². The van der Waals surface area contributed by atoms with Crippen LogP contribution in [0, 0.1) is 24.2 Å². The standard InChI is InChI=1S/C34H42ClN5O7S/c1-17-16-48-31(37-17)23-14-26(22-6-7-25(45-9-8-44-5)27(35)28(22)38-23)46-21-13-24(30(36)41)40(15-21)32(42)29(34(2,3)4)39-33(43)47-20-11-18-10-19(18)12-20/h6-7,14,16,18-21,24,29H,8-13,15H2,1-5H3,(H2,36,41)(H,39,43)/t18-,19?,20?,21?,24-,29+/m0/s1. The van der Waals surface area contributed by atoms with Crippen molar-refractivity contribution >= 4 is 51.7 Å². The van der Waals surface area contributed by atoms with Crippen LogP contribution in [0.2, 0.25) is 5.02 Å². The summed E-state index contributed by atoms with van der Waals surface area (Å²) in [6, 6.07) is 3.44. The molecular formula is C34H42ClN5O7S. The van der Waals surface area contributed by atoms with E-state index in [2.05, 4.69) is 10.3 Å². The van der Waals surface area contributed by atoms with Gasteiger partial charge in [-0.15, -0.1) is 11.3 Å². The number of nitrogens with two attached hydrogens (primary N) is 1. The van der Waals surface area contributed by atoms with Crippen LogP contribution >= 0.6 is 22.9 Å². The van der Waals surface area contributed by atoms with Gasteiger partial charge in [-0.3, -0.25) is 9.59 Å². The predicted octanol–water partition coefficient (Wildman–Crippen LogP) is 5.12. The molecule has 0 radical (unpaired) electrons. The Hall–Kier alpha value is -3.68. The van der Waals surface area contributed by atoms with Crippen molar-refractivity contribution in [1.29, 1.82) is 0 Å². The van der Waals surface area contributed by atoms with Crippen LogP contribution in [-0.4, -0.2) is 83.9 Å². The number of hydrogen-bond acceptors (Lipinski definition) is 10. The number of rotatable bonds is 11. The molecular weight excluding hydrogens is 658 g/mol. The van der Waals surface area contributed by atoms with Crippen LogP contribution in [0.5, 0.6) is 11.5 Å². The van der Waals surface area contributed by atoms with Crippen LogP contribution < -0.4 is 20.5 Å². The molecule has 3 amide bonds. The zero-order chi connectivity index (χ0) is 34.3. The maximum absolute atomic E-state index is 14.1. The third-order valence-electron chi connectivity index (χ3n) is 9.25. The lowest BCUT2D eigenvalue weighted by molar-refractivity contribution is -0.141. The number of carbonyl (C=O) groups excluding carboxylic acids is 3. The summed E-state index contributed by atoms with van der Waals surface area (Å²) in [5.74, 6) is 1.11. The number of methoxy groups -OCH3 is 1. The number of alkyl carbamates (subject to hydrolysis) is 1. The van der Waals surface area contributed by atoms with Crippen molar-refractivity contribution in [1.82, 2.24) is 20.2 Å². The Balaban J connectivity index is 1.25. The Kier molecular flexibility index (Phi) is 9.74. The second-order valence-electron chi connectivity index (χ2n) is 14.0. The number of thiazole rings is 1. The first-order valence-electron chi connectivity index (χ1n) is 16.2. The predicted molar refractivity (Wildman–Crippen MR) is 181 cm³/mol. The lowest BCUT2D eigenvalue weighted by atomic mass is 9.85. The molecule has 14 heteroatoms. The Morgan fingerprint density at radius 2 is 1.83 bits per heavy atom. The Labute approximate surface area is 288 Å². The monoisotopic (exact) mass is 699 g/mol. The number of carbonyl (C=O) groups is 3. The molecule has 3 heterocycles. The van der Waals surface area contributed by atoms with Gasteiger partial charge in [0, 0.05) is 36.1 Å². The van der Waals surface area contributed by atoms with E-state index in [1.54, 1.807) is 19.2 Å². The number of fused-ring (bicyclic) bond motifs is 2. The van der Waals surface area contributed by atoms with Gasteiger partial charge >= 0.3 is 6.09 Å². The fraction of sp³-hybridized carbons (Fsp3) is 0.559. The van der Waals surface area contributed by atoms with Crippen molar-refractivity contribution in [2.75, 3.05) is 26.9 Å². The van der Waals surface area contributed by atoms with Gasteiger partial charge in [-0.05, 0) is 55.6 Å². The first kappa shape index (κ1) is 34.2. The molecule has 6 rings (SSSR count). The van der Waals surface area contributed by atoms with Gasteiger partial charge in [0.05, 0.1) is 18.7 Å². The van der Waals surface area contributed by atoms with Gasteiger partial charge in [-0.1, -0.05) is 32.4 Å². The van der Waals surface area contributed by atoms with Gasteiger partial charge in [-0.25, -0.2) is 14.8 Å². The molecule has 3 unspecified atom stereocenters. The molecule has 12 nitrogen and oxygen atoms in total. The van der Waals surface area contributed by atoms with Gasteiger partial charge in [-0.2, -0.15) is 0 Å². The minimum absolute atomic E-state index is 0.0726. The van der Waals surface area contributed by atoms with Crippen molar-refractivity contribution in [3.63, 3.8) is 0 Å². The molecule has 6 atom stereocenters. The number of ether oxygens (including phenoxy) is 4. The quantitative estimate of drug-likeness (QED) is 0.260. The van der Waals surface area contributed by atoms with Crippen molar-refractivity contribution in [2.45, 2.75) is 77.7 Å². The summed E-state index contributed by atoms with van der Waals surface area (Å²) >= 11 is 8.27. The zero-order valence-electron chi connectivity index (χ0n) is 27.8. The summed E-state index contributed by atoms with van der Waals surface area (Å²) in [6.07, 6.45) is 1.72. The average molecular weight is 700 g/mol. The molecule has 258 valence electrons. The topological polar surface area (TPSA) is 155 Å². The number of amides is 3. The van der Waals surface area contributed by atoms with Gasteiger partial charge in [0.25, 0.3) is 0 Å². The molecule has 3 N–H and O–H groups in total. The van der Waals surface area contributed by atoms with Crippen molar-refractivity contribution in [3.8, 4) is 22.2 Å². The first-order chi connectivity index (χ1) is 22.8. The van der Waals surface area contributed by atoms with E-state index in [1.165, 1.54) is 22.7 Å². The number of likely N-dealkylation sites (tertiary alicyclic amines) is 1. The second-order valence-corrected chi connectivity index (χ2v) is 15.2. The highest BCUT2D eigenvalue weighted by Crippen LogP contribution is 2.52. The minimum atomic E-state index is -0.960. The van der Waals surface area contributed by atoms with Crippen LogP contribution in [0.15, 0.2) is 23.6 Å². The molecule has 2 saturated carbocycles. The normalized spacial score (nSPS) is 23.9. The highest BCUT2D eigenvalue weighted by molar-refractivity contribution is 7.13. The average Bonchev–Trinajstić information content (AvgIpc) is 3.35. The van der Waals surface area contributed by atoms with E-state index in [4.69, 9.17) is 41.3 Å². The molecule has 2 aliphatic carbocycles. The number of aryl methyl sites for hydroxylation is 1. The number of primary amides is 1. The van der Waals surface area contributed by atoms with Crippen molar-refractivity contribution < 1.29 is 33.3 Å². The fourth-order valence-corrected chi connectivity index (χ4v) is 7.70. The van der Waals surface area contributed by atoms with Crippen LogP contribution in [0.25, 0.3) is 21.6 Å². The van der Waals surface area contributed by atoms with E-state index < -0.39 is 41.5 Å². The van der Waals surface area contributed by atoms with E-state index in [1.807, 2.05) is 39.1 Å². The zero-order valence-corrected chi connectivity index (χ0v) is 29.4. The molecule has 48 heavy (non-hydrogen) atoms. The summed E-state index contributed by atoms with van der Waals surface area (Å²) in [5.41, 5.74) is 7.02. The van der Waals surface area contributed by atoms with Crippen LogP contribution in [-0.2, 0) is 19.1 Å². The van der Waals surface area contributed by atoms with Crippen LogP contribution in [0.1, 0.15) is 52.1 Å². The molecule has 1 aromatic carbocycles. The fourth-order valence-electron chi connectivity index (χ4n) is 6.68. The van der Waals surface area contributed by atoms with E-state index in [0.29, 0.717) is 63.2 Å². The Morgan fingerprint density at radius 3 is 2.48 bits per heavy atom. The third-order valence-corrected chi connectivity index (χ3v) is 10.6. The maximum Gasteiger partial charge on any atom is 0.408 e. The Morgan fingerprint density at radius 1 is 1.08 bits per heavy atom. The maximum atomic E-state index is 14.1. The highest BCUT2D eigenvalue weighted by Gasteiger charge is 2.48. The number of hydrogen-bond donors (Lipinski definition) is 2. The molecule has 2 aromatic heterocycles. The molecule has 0 spiro atoms. The van der Waals surface area contributed by atoms with Crippen LogP contribution in [0.3, 0.4) is 0 Å². The van der Waals surface area contributed by atoms with E-state index >= 15 is 0 Å². The van der Waals surface area contributed by atoms with Gasteiger partial charge < -0.3 is 34.9 Å². The van der Waals surface area contributed by atoms with E-state index in [-0.39, 0.29) is 19.1 Å². The molecule has 1 aliphatic heterocycles. The number of halogens is 1. The van der Waals surface area contributed by atoms with Gasteiger partial charge in [0.2, 0.25) is 11.8 Å². The third kappa shape index (κ3) is 7.32. The highest BCUT2D eigenvalue weighted by atomic mass is 35.5. The van der Waals surface area contributed by atoms with Crippen molar-refractivity contribution in [2.24, 2.45) is 23.0 Å². The van der Waals surface area contributed by atoms with Crippen LogP contribution in [0.4, 0.5) is 4.79 Å². The number of pyridine rings is 1. The van der Waals surface area contributed by atoms with Gasteiger partial charge in [0.1, 0.15) is 58.1 Å². The van der Waals surface area contributed by atoms with Crippen molar-refractivity contribution in [3.05, 3.63) is 34.3 Å². The summed E-state index contributed by atoms with van der Waals surface area (Å²) in [6.45, 7) is 8.23. The molecule has 0 bridgehead atoms. The summed E-state index contributed by atoms with van der Waals surface area (Å²) in [7, 11) is 1.59. The molecule has 3 aromatic rings.